The van der Waals surface area contributed by atoms with E-state index in [1.807, 2.05) is 35.8 Å². The van der Waals surface area contributed by atoms with Crippen LogP contribution in [0.1, 0.15) is 32.4 Å². The van der Waals surface area contributed by atoms with Crippen LogP contribution in [0.3, 0.4) is 0 Å². The number of aryl methyl sites for hydroxylation is 1. The maximum absolute atomic E-state index is 12.4. The van der Waals surface area contributed by atoms with Gasteiger partial charge in [0.1, 0.15) is 0 Å². The Balaban J connectivity index is 1.88. The van der Waals surface area contributed by atoms with Crippen molar-refractivity contribution in [2.45, 2.75) is 45.8 Å². The standard InChI is InChI=1S/C15H26N4O2/c1-11-9-16-19(10-11)14(4)12(2)17-13(3)15(20)18-5-7-21-8-6-18/h9-10,12-14,17H,5-8H2,1-4H3/t12-,13-,14-/m1/s1. The molecular weight excluding hydrogens is 268 g/mol. The van der Waals surface area contributed by atoms with Gasteiger partial charge in [-0.15, -0.1) is 0 Å². The van der Waals surface area contributed by atoms with Gasteiger partial charge in [-0.25, -0.2) is 0 Å². The lowest BCUT2D eigenvalue weighted by Gasteiger charge is -2.31. The Morgan fingerprint density at radius 2 is 2.00 bits per heavy atom. The van der Waals surface area contributed by atoms with E-state index in [0.717, 1.165) is 5.56 Å². The summed E-state index contributed by atoms with van der Waals surface area (Å²) in [5, 5.41) is 7.74. The third kappa shape index (κ3) is 4.04. The molecule has 1 aromatic heterocycles. The molecule has 2 heterocycles. The first-order valence-electron chi connectivity index (χ1n) is 7.62. The van der Waals surface area contributed by atoms with Crippen molar-refractivity contribution in [1.82, 2.24) is 20.0 Å². The number of ether oxygens (including phenoxy) is 1. The van der Waals surface area contributed by atoms with E-state index in [0.29, 0.717) is 26.3 Å². The van der Waals surface area contributed by atoms with Gasteiger partial charge in [0.2, 0.25) is 5.91 Å². The molecule has 0 radical (unpaired) electrons. The molecule has 1 amide bonds. The van der Waals surface area contributed by atoms with Crippen LogP contribution in [0.15, 0.2) is 12.4 Å². The minimum absolute atomic E-state index is 0.147. The molecule has 2 rings (SSSR count). The molecule has 1 aliphatic rings. The summed E-state index contributed by atoms with van der Waals surface area (Å²) in [5.74, 6) is 0.147. The van der Waals surface area contributed by atoms with Gasteiger partial charge in [0.25, 0.3) is 0 Å². The van der Waals surface area contributed by atoms with E-state index in [-0.39, 0.29) is 24.0 Å². The SMILES string of the molecule is Cc1cnn([C@H](C)[C@@H](C)N[C@H](C)C(=O)N2CCOCC2)c1. The van der Waals surface area contributed by atoms with Gasteiger partial charge in [-0.2, -0.15) is 5.10 Å². The minimum atomic E-state index is -0.197. The first kappa shape index (κ1) is 16.0. The summed E-state index contributed by atoms with van der Waals surface area (Å²) < 4.78 is 7.23. The normalized spacial score (nSPS) is 20.1. The molecule has 21 heavy (non-hydrogen) atoms. The molecule has 0 aliphatic carbocycles. The average molecular weight is 294 g/mol. The second kappa shape index (κ2) is 7.04. The van der Waals surface area contributed by atoms with Gasteiger partial charge in [0.05, 0.1) is 31.5 Å². The van der Waals surface area contributed by atoms with E-state index in [9.17, 15) is 4.79 Å². The van der Waals surface area contributed by atoms with Gasteiger partial charge in [-0.1, -0.05) is 0 Å². The Bertz CT molecular complexity index is 468. The van der Waals surface area contributed by atoms with Crippen LogP contribution < -0.4 is 5.32 Å². The zero-order chi connectivity index (χ0) is 15.4. The van der Waals surface area contributed by atoms with E-state index >= 15 is 0 Å². The largest absolute Gasteiger partial charge is 0.378 e. The van der Waals surface area contributed by atoms with Crippen LogP contribution in [0, 0.1) is 6.92 Å². The molecule has 0 saturated carbocycles. The predicted molar refractivity (Wildman–Crippen MR) is 81.1 cm³/mol. The maximum Gasteiger partial charge on any atom is 0.239 e. The molecule has 3 atom stereocenters. The van der Waals surface area contributed by atoms with E-state index in [1.165, 1.54) is 0 Å². The summed E-state index contributed by atoms with van der Waals surface area (Å²) in [5.41, 5.74) is 1.14. The summed E-state index contributed by atoms with van der Waals surface area (Å²) in [4.78, 5) is 14.3. The highest BCUT2D eigenvalue weighted by molar-refractivity contribution is 5.81. The Kier molecular flexibility index (Phi) is 5.36. The second-order valence-electron chi connectivity index (χ2n) is 5.85. The molecule has 1 aliphatic heterocycles. The number of carbonyl (C=O) groups is 1. The summed E-state index contributed by atoms with van der Waals surface area (Å²) in [6.07, 6.45) is 3.88. The van der Waals surface area contributed by atoms with Crippen molar-refractivity contribution in [3.63, 3.8) is 0 Å². The highest BCUT2D eigenvalue weighted by Gasteiger charge is 2.25. The number of morpholine rings is 1. The number of nitrogens with zero attached hydrogens (tertiary/aromatic N) is 3. The van der Waals surface area contributed by atoms with E-state index < -0.39 is 0 Å². The van der Waals surface area contributed by atoms with E-state index in [4.69, 9.17) is 4.74 Å². The third-order valence-corrected chi connectivity index (χ3v) is 4.08. The lowest BCUT2D eigenvalue weighted by molar-refractivity contribution is -0.137. The molecule has 1 N–H and O–H groups in total. The van der Waals surface area contributed by atoms with Gasteiger partial charge in [-0.3, -0.25) is 9.48 Å². The summed E-state index contributed by atoms with van der Waals surface area (Å²) in [6.45, 7) is 10.8. The molecule has 0 aromatic carbocycles. The molecule has 0 bridgehead atoms. The summed E-state index contributed by atoms with van der Waals surface area (Å²) >= 11 is 0. The van der Waals surface area contributed by atoms with Crippen LogP contribution >= 0.6 is 0 Å². The molecule has 1 aromatic rings. The van der Waals surface area contributed by atoms with E-state index in [2.05, 4.69) is 24.3 Å². The quantitative estimate of drug-likeness (QED) is 0.879. The highest BCUT2D eigenvalue weighted by atomic mass is 16.5. The fourth-order valence-electron chi connectivity index (χ4n) is 2.55. The van der Waals surface area contributed by atoms with Crippen LogP contribution in [-0.2, 0) is 9.53 Å². The molecule has 6 heteroatoms. The Morgan fingerprint density at radius 3 is 2.57 bits per heavy atom. The van der Waals surface area contributed by atoms with Crippen molar-refractivity contribution >= 4 is 5.91 Å². The van der Waals surface area contributed by atoms with Crippen molar-refractivity contribution in [2.75, 3.05) is 26.3 Å². The first-order chi connectivity index (χ1) is 9.99. The molecule has 1 saturated heterocycles. The number of aromatic nitrogens is 2. The van der Waals surface area contributed by atoms with Crippen molar-refractivity contribution < 1.29 is 9.53 Å². The smallest absolute Gasteiger partial charge is 0.239 e. The summed E-state index contributed by atoms with van der Waals surface area (Å²) in [7, 11) is 0. The molecule has 118 valence electrons. The van der Waals surface area contributed by atoms with Gasteiger partial charge in [-0.05, 0) is 33.3 Å². The Hall–Kier alpha value is -1.40. The number of amides is 1. The zero-order valence-corrected chi connectivity index (χ0v) is 13.4. The van der Waals surface area contributed by atoms with Gasteiger partial charge < -0.3 is 15.0 Å². The first-order valence-corrected chi connectivity index (χ1v) is 7.62. The van der Waals surface area contributed by atoms with Crippen molar-refractivity contribution in [3.05, 3.63) is 18.0 Å². The van der Waals surface area contributed by atoms with Gasteiger partial charge >= 0.3 is 0 Å². The summed E-state index contributed by atoms with van der Waals surface area (Å²) in [6, 6.07) is 0.153. The molecule has 0 unspecified atom stereocenters. The number of nitrogens with one attached hydrogen (secondary N) is 1. The topological polar surface area (TPSA) is 59.4 Å². The van der Waals surface area contributed by atoms with Crippen molar-refractivity contribution in [2.24, 2.45) is 0 Å². The second-order valence-corrected chi connectivity index (χ2v) is 5.85. The number of hydrogen-bond donors (Lipinski definition) is 1. The van der Waals surface area contributed by atoms with Crippen LogP contribution in [-0.4, -0.2) is 59.0 Å². The predicted octanol–water partition coefficient (Wildman–Crippen LogP) is 0.978. The van der Waals surface area contributed by atoms with Gasteiger partial charge in [0, 0.05) is 25.3 Å². The molecule has 0 spiro atoms. The molecule has 6 nitrogen and oxygen atoms in total. The van der Waals surface area contributed by atoms with E-state index in [1.54, 1.807) is 0 Å². The third-order valence-electron chi connectivity index (χ3n) is 4.08. The van der Waals surface area contributed by atoms with Crippen LogP contribution in [0.2, 0.25) is 0 Å². The van der Waals surface area contributed by atoms with Crippen LogP contribution in [0.5, 0.6) is 0 Å². The highest BCUT2D eigenvalue weighted by Crippen LogP contribution is 2.12. The Morgan fingerprint density at radius 1 is 1.33 bits per heavy atom. The Labute approximate surface area is 126 Å². The minimum Gasteiger partial charge on any atom is -0.378 e. The number of hydrogen-bond acceptors (Lipinski definition) is 4. The van der Waals surface area contributed by atoms with Crippen LogP contribution in [0.25, 0.3) is 0 Å². The number of rotatable bonds is 5. The lowest BCUT2D eigenvalue weighted by Crippen LogP contribution is -2.52. The maximum atomic E-state index is 12.4. The molecule has 1 fully saturated rings. The molecular formula is C15H26N4O2. The monoisotopic (exact) mass is 294 g/mol. The zero-order valence-electron chi connectivity index (χ0n) is 13.4. The van der Waals surface area contributed by atoms with Crippen molar-refractivity contribution in [3.8, 4) is 0 Å². The van der Waals surface area contributed by atoms with Crippen LogP contribution in [0.4, 0.5) is 0 Å². The van der Waals surface area contributed by atoms with Gasteiger partial charge in [0.15, 0.2) is 0 Å². The van der Waals surface area contributed by atoms with Crippen molar-refractivity contribution in [1.29, 1.82) is 0 Å². The number of carbonyl (C=O) groups excluding carboxylic acids is 1. The fourth-order valence-corrected chi connectivity index (χ4v) is 2.55. The average Bonchev–Trinajstić information content (AvgIpc) is 2.93. The lowest BCUT2D eigenvalue weighted by atomic mass is 10.1. The fraction of sp³-hybridized carbons (Fsp3) is 0.733.